The van der Waals surface area contributed by atoms with Gasteiger partial charge in [0, 0.05) is 25.0 Å². The van der Waals surface area contributed by atoms with Gasteiger partial charge >= 0.3 is 0 Å². The van der Waals surface area contributed by atoms with E-state index in [1.807, 2.05) is 83.6 Å². The van der Waals surface area contributed by atoms with Crippen molar-refractivity contribution in [3.05, 3.63) is 120 Å². The van der Waals surface area contributed by atoms with E-state index in [1.165, 1.54) is 11.1 Å². The number of hydrogen-bond acceptors (Lipinski definition) is 4. The van der Waals surface area contributed by atoms with E-state index in [0.717, 1.165) is 36.5 Å². The van der Waals surface area contributed by atoms with Crippen LogP contribution in [0, 0.1) is 0 Å². The quantitative estimate of drug-likeness (QED) is 0.245. The number of rotatable bonds is 11. The number of carbonyl (C=O) groups is 1. The minimum atomic E-state index is -0.511. The van der Waals surface area contributed by atoms with Gasteiger partial charge in [0.05, 0.1) is 24.5 Å². The molecule has 190 valence electrons. The molecule has 0 radical (unpaired) electrons. The number of nitrogens with zero attached hydrogens (tertiary/aromatic N) is 2. The predicted molar refractivity (Wildman–Crippen MR) is 149 cm³/mol. The maximum atomic E-state index is 12.4. The number of imidazole rings is 1. The van der Waals surface area contributed by atoms with Crippen molar-refractivity contribution in [3.63, 3.8) is 0 Å². The van der Waals surface area contributed by atoms with E-state index < -0.39 is 6.10 Å². The van der Waals surface area contributed by atoms with E-state index in [1.54, 1.807) is 6.33 Å². The van der Waals surface area contributed by atoms with Crippen molar-refractivity contribution < 1.29 is 9.90 Å². The van der Waals surface area contributed by atoms with Gasteiger partial charge in [0.1, 0.15) is 0 Å². The van der Waals surface area contributed by atoms with E-state index in [0.29, 0.717) is 6.54 Å². The third-order valence-corrected chi connectivity index (χ3v) is 5.59. The van der Waals surface area contributed by atoms with Crippen molar-refractivity contribution >= 4 is 36.4 Å². The zero-order valence-corrected chi connectivity index (χ0v) is 21.5. The second-order valence-corrected chi connectivity index (χ2v) is 8.33. The average Bonchev–Trinajstić information content (AvgIpc) is 3.30. The minimum absolute atomic E-state index is 0. The molecule has 1 heterocycles. The average molecular weight is 527 g/mol. The first-order valence-corrected chi connectivity index (χ1v) is 11.5. The van der Waals surface area contributed by atoms with Gasteiger partial charge in [-0.15, -0.1) is 24.8 Å². The smallest absolute Gasteiger partial charge is 0.230 e. The first-order valence-electron chi connectivity index (χ1n) is 11.5. The molecule has 0 spiro atoms. The van der Waals surface area contributed by atoms with Crippen LogP contribution in [-0.4, -0.2) is 33.7 Å². The Morgan fingerprint density at radius 1 is 0.889 bits per heavy atom. The number of amides is 1. The molecule has 1 unspecified atom stereocenters. The third kappa shape index (κ3) is 9.13. The van der Waals surface area contributed by atoms with Crippen molar-refractivity contribution in [1.29, 1.82) is 0 Å². The number of carbonyl (C=O) groups excluding carboxylic acids is 1. The zero-order valence-electron chi connectivity index (χ0n) is 19.9. The molecule has 0 fully saturated rings. The molecule has 36 heavy (non-hydrogen) atoms. The molecular formula is C28H32Cl2N4O2. The Hall–Kier alpha value is -3.16. The number of nitrogens with one attached hydrogen (secondary N) is 2. The molecule has 4 rings (SSSR count). The highest BCUT2D eigenvalue weighted by molar-refractivity contribution is 5.92. The normalized spacial score (nSPS) is 11.1. The summed E-state index contributed by atoms with van der Waals surface area (Å²) in [5, 5.41) is 16.4. The SMILES string of the molecule is Cl.Cl.O=C(Cc1cn(Cc2ccccc2)cn1)Nc1ccc(CCNCC(O)c2ccccc2)cc1. The van der Waals surface area contributed by atoms with Crippen molar-refractivity contribution in [3.8, 4) is 0 Å². The molecule has 0 aliphatic rings. The highest BCUT2D eigenvalue weighted by Gasteiger charge is 2.08. The first-order chi connectivity index (χ1) is 16.7. The second kappa shape index (κ2) is 15.1. The van der Waals surface area contributed by atoms with Gasteiger partial charge in [-0.05, 0) is 41.8 Å². The maximum absolute atomic E-state index is 12.4. The van der Waals surface area contributed by atoms with Crippen LogP contribution >= 0.6 is 24.8 Å². The first kappa shape index (κ1) is 29.1. The molecular weight excluding hydrogens is 495 g/mol. The fourth-order valence-electron chi connectivity index (χ4n) is 3.77. The molecule has 1 atom stereocenters. The lowest BCUT2D eigenvalue weighted by molar-refractivity contribution is -0.115. The predicted octanol–water partition coefficient (Wildman–Crippen LogP) is 4.82. The van der Waals surface area contributed by atoms with Crippen LogP contribution in [0.5, 0.6) is 0 Å². The van der Waals surface area contributed by atoms with Gasteiger partial charge < -0.3 is 20.3 Å². The van der Waals surface area contributed by atoms with Gasteiger partial charge in [-0.3, -0.25) is 4.79 Å². The van der Waals surface area contributed by atoms with Crippen molar-refractivity contribution in [1.82, 2.24) is 14.9 Å². The summed E-state index contributed by atoms with van der Waals surface area (Å²) in [4.78, 5) is 16.8. The summed E-state index contributed by atoms with van der Waals surface area (Å²) in [6, 6.07) is 27.7. The summed E-state index contributed by atoms with van der Waals surface area (Å²) < 4.78 is 1.99. The summed E-state index contributed by atoms with van der Waals surface area (Å²) in [5.74, 6) is -0.0886. The lowest BCUT2D eigenvalue weighted by atomic mass is 10.1. The standard InChI is InChI=1S/C28H30N4O2.2ClH/c33-27(24-9-5-2-6-10-24)18-29-16-15-22-11-13-25(14-12-22)31-28(34)17-26-20-32(21-30-26)19-23-7-3-1-4-8-23;;/h1-14,20-21,27,29,33H,15-19H2,(H,31,34);2*1H. The van der Waals surface area contributed by atoms with Crippen molar-refractivity contribution in [2.24, 2.45) is 0 Å². The van der Waals surface area contributed by atoms with E-state index in [-0.39, 0.29) is 37.1 Å². The van der Waals surface area contributed by atoms with Crippen LogP contribution in [0.1, 0.15) is 28.5 Å². The Balaban J connectivity index is 0.00000228. The van der Waals surface area contributed by atoms with E-state index in [2.05, 4.69) is 27.8 Å². The lowest BCUT2D eigenvalue weighted by Gasteiger charge is -2.12. The molecule has 1 amide bonds. The Morgan fingerprint density at radius 3 is 2.25 bits per heavy atom. The molecule has 1 aromatic heterocycles. The number of aliphatic hydroxyl groups excluding tert-OH is 1. The van der Waals surface area contributed by atoms with E-state index in [9.17, 15) is 9.90 Å². The number of halogens is 2. The largest absolute Gasteiger partial charge is 0.387 e. The summed E-state index contributed by atoms with van der Waals surface area (Å²) in [6.45, 7) is 2.01. The molecule has 3 N–H and O–H groups in total. The van der Waals surface area contributed by atoms with Gasteiger partial charge in [0.2, 0.25) is 5.91 Å². The summed E-state index contributed by atoms with van der Waals surface area (Å²) in [7, 11) is 0. The molecule has 0 saturated carbocycles. The molecule has 0 aliphatic carbocycles. The molecule has 0 aliphatic heterocycles. The fraction of sp³-hybridized carbons (Fsp3) is 0.214. The Labute approximate surface area is 224 Å². The minimum Gasteiger partial charge on any atom is -0.387 e. The topological polar surface area (TPSA) is 79.2 Å². The highest BCUT2D eigenvalue weighted by Crippen LogP contribution is 2.12. The van der Waals surface area contributed by atoms with Crippen LogP contribution in [-0.2, 0) is 24.2 Å². The van der Waals surface area contributed by atoms with E-state index >= 15 is 0 Å². The summed E-state index contributed by atoms with van der Waals surface area (Å²) in [5.41, 5.74) is 4.79. The zero-order chi connectivity index (χ0) is 23.6. The number of aliphatic hydroxyl groups is 1. The Kier molecular flexibility index (Phi) is 12.2. The van der Waals surface area contributed by atoms with Gasteiger partial charge in [0.25, 0.3) is 0 Å². The molecule has 4 aromatic rings. The number of hydrogen-bond donors (Lipinski definition) is 3. The van der Waals surface area contributed by atoms with Crippen LogP contribution in [0.25, 0.3) is 0 Å². The van der Waals surface area contributed by atoms with Crippen LogP contribution in [0.15, 0.2) is 97.5 Å². The molecule has 3 aromatic carbocycles. The number of anilines is 1. The lowest BCUT2D eigenvalue weighted by Crippen LogP contribution is -2.23. The van der Waals surface area contributed by atoms with Crippen LogP contribution in [0.3, 0.4) is 0 Å². The molecule has 8 heteroatoms. The van der Waals surface area contributed by atoms with Gasteiger partial charge in [-0.2, -0.15) is 0 Å². The second-order valence-electron chi connectivity index (χ2n) is 8.33. The number of aromatic nitrogens is 2. The van der Waals surface area contributed by atoms with Crippen LogP contribution in [0.4, 0.5) is 5.69 Å². The summed E-state index contributed by atoms with van der Waals surface area (Å²) in [6.07, 6.45) is 4.24. The van der Waals surface area contributed by atoms with E-state index in [4.69, 9.17) is 0 Å². The summed E-state index contributed by atoms with van der Waals surface area (Å²) >= 11 is 0. The molecule has 6 nitrogen and oxygen atoms in total. The molecule has 0 bridgehead atoms. The monoisotopic (exact) mass is 526 g/mol. The number of benzene rings is 3. The van der Waals surface area contributed by atoms with Crippen LogP contribution < -0.4 is 10.6 Å². The molecule has 0 saturated heterocycles. The third-order valence-electron chi connectivity index (χ3n) is 5.59. The Morgan fingerprint density at radius 2 is 1.56 bits per heavy atom. The van der Waals surface area contributed by atoms with Crippen LogP contribution in [0.2, 0.25) is 0 Å². The van der Waals surface area contributed by atoms with Gasteiger partial charge in [-0.1, -0.05) is 72.8 Å². The van der Waals surface area contributed by atoms with Crippen molar-refractivity contribution in [2.45, 2.75) is 25.5 Å². The fourth-order valence-corrected chi connectivity index (χ4v) is 3.77. The maximum Gasteiger partial charge on any atom is 0.230 e. The highest BCUT2D eigenvalue weighted by atomic mass is 35.5. The Bertz CT molecular complexity index is 1170. The van der Waals surface area contributed by atoms with Gasteiger partial charge in [-0.25, -0.2) is 4.98 Å². The van der Waals surface area contributed by atoms with Crippen molar-refractivity contribution in [2.75, 3.05) is 18.4 Å². The van der Waals surface area contributed by atoms with Gasteiger partial charge in [0.15, 0.2) is 0 Å².